The fourth-order valence-corrected chi connectivity index (χ4v) is 3.06. The van der Waals surface area contributed by atoms with Gasteiger partial charge in [0.15, 0.2) is 0 Å². The van der Waals surface area contributed by atoms with Gasteiger partial charge in [0.05, 0.1) is 0 Å². The number of halogens is 1. The van der Waals surface area contributed by atoms with E-state index in [4.69, 9.17) is 0 Å². The van der Waals surface area contributed by atoms with Crippen LogP contribution in [-0.2, 0) is 0 Å². The average molecular weight is 250 g/mol. The Labute approximate surface area is 109 Å². The lowest BCUT2D eigenvalue weighted by molar-refractivity contribution is 0.184. The molecule has 0 saturated carbocycles. The van der Waals surface area contributed by atoms with Crippen LogP contribution in [0.15, 0.2) is 24.3 Å². The van der Waals surface area contributed by atoms with Crippen molar-refractivity contribution in [2.24, 2.45) is 5.92 Å². The quantitative estimate of drug-likeness (QED) is 0.883. The highest BCUT2D eigenvalue weighted by molar-refractivity contribution is 5.23. The summed E-state index contributed by atoms with van der Waals surface area (Å²) in [4.78, 5) is 2.36. The predicted octanol–water partition coefficient (Wildman–Crippen LogP) is 2.47. The molecule has 0 bridgehead atoms. The summed E-state index contributed by atoms with van der Waals surface area (Å²) >= 11 is 0. The first-order valence-corrected chi connectivity index (χ1v) is 6.80. The van der Waals surface area contributed by atoms with Crippen LogP contribution >= 0.6 is 0 Å². The van der Waals surface area contributed by atoms with Crippen LogP contribution < -0.4 is 5.32 Å². The van der Waals surface area contributed by atoms with E-state index in [9.17, 15) is 4.39 Å². The second-order valence-corrected chi connectivity index (χ2v) is 5.35. The van der Waals surface area contributed by atoms with E-state index in [1.807, 2.05) is 19.2 Å². The van der Waals surface area contributed by atoms with Crippen molar-refractivity contribution in [2.45, 2.75) is 18.8 Å². The molecule has 1 N–H and O–H groups in total. The standard InChI is InChI=1S/C15H23FN2/c1-17-10-14(12-6-5-9-18(2)11-12)13-7-3-4-8-15(13)16/h3-4,7-8,12,14,17H,5-6,9-11H2,1-2H3. The van der Waals surface area contributed by atoms with Crippen molar-refractivity contribution in [3.8, 4) is 0 Å². The molecule has 1 aromatic rings. The van der Waals surface area contributed by atoms with E-state index in [1.54, 1.807) is 12.1 Å². The fourth-order valence-electron chi connectivity index (χ4n) is 3.06. The molecule has 2 atom stereocenters. The molecular formula is C15H23FN2. The van der Waals surface area contributed by atoms with Crippen LogP contribution in [0.2, 0.25) is 0 Å². The first-order valence-electron chi connectivity index (χ1n) is 6.80. The molecule has 2 unspecified atom stereocenters. The Morgan fingerprint density at radius 1 is 1.44 bits per heavy atom. The average Bonchev–Trinajstić information content (AvgIpc) is 2.37. The second-order valence-electron chi connectivity index (χ2n) is 5.35. The minimum absolute atomic E-state index is 0.0639. The van der Waals surface area contributed by atoms with Crippen LogP contribution in [-0.4, -0.2) is 38.6 Å². The van der Waals surface area contributed by atoms with Gasteiger partial charge in [0.25, 0.3) is 0 Å². The van der Waals surface area contributed by atoms with E-state index in [-0.39, 0.29) is 11.7 Å². The molecule has 18 heavy (non-hydrogen) atoms. The Bertz CT molecular complexity index is 381. The maximum absolute atomic E-state index is 14.0. The smallest absolute Gasteiger partial charge is 0.126 e. The van der Waals surface area contributed by atoms with Crippen molar-refractivity contribution in [1.29, 1.82) is 0 Å². The molecule has 0 aliphatic carbocycles. The SMILES string of the molecule is CNCC(c1ccccc1F)C1CCCN(C)C1. The molecule has 1 aliphatic rings. The molecule has 0 spiro atoms. The minimum Gasteiger partial charge on any atom is -0.319 e. The number of rotatable bonds is 4. The third kappa shape index (κ3) is 3.09. The normalized spacial score (nSPS) is 22.9. The highest BCUT2D eigenvalue weighted by atomic mass is 19.1. The first-order chi connectivity index (χ1) is 8.72. The number of nitrogens with zero attached hydrogens (tertiary/aromatic N) is 1. The molecule has 0 radical (unpaired) electrons. The largest absolute Gasteiger partial charge is 0.319 e. The molecule has 0 amide bonds. The lowest BCUT2D eigenvalue weighted by atomic mass is 9.81. The summed E-state index contributed by atoms with van der Waals surface area (Å²) in [6.45, 7) is 3.08. The molecule has 3 heteroatoms. The number of nitrogens with one attached hydrogen (secondary N) is 1. The van der Waals surface area contributed by atoms with Crippen molar-refractivity contribution in [3.05, 3.63) is 35.6 Å². The number of likely N-dealkylation sites (tertiary alicyclic amines) is 1. The van der Waals surface area contributed by atoms with Gasteiger partial charge in [-0.25, -0.2) is 4.39 Å². The van der Waals surface area contributed by atoms with Crippen LogP contribution in [0, 0.1) is 11.7 Å². The second kappa shape index (κ2) is 6.30. The number of hydrogen-bond acceptors (Lipinski definition) is 2. The van der Waals surface area contributed by atoms with Crippen molar-refractivity contribution in [3.63, 3.8) is 0 Å². The van der Waals surface area contributed by atoms with E-state index >= 15 is 0 Å². The Balaban J connectivity index is 2.19. The molecule has 1 saturated heterocycles. The number of likely N-dealkylation sites (N-methyl/N-ethyl adjacent to an activating group) is 1. The van der Waals surface area contributed by atoms with Gasteiger partial charge in [0, 0.05) is 19.0 Å². The van der Waals surface area contributed by atoms with Gasteiger partial charge in [-0.2, -0.15) is 0 Å². The van der Waals surface area contributed by atoms with Crippen molar-refractivity contribution in [2.75, 3.05) is 33.7 Å². The predicted molar refractivity (Wildman–Crippen MR) is 73.3 cm³/mol. The zero-order valence-electron chi connectivity index (χ0n) is 11.3. The summed E-state index contributed by atoms with van der Waals surface area (Å²) in [5.41, 5.74) is 0.868. The highest BCUT2D eigenvalue weighted by Gasteiger charge is 2.28. The van der Waals surface area contributed by atoms with Gasteiger partial charge in [-0.05, 0) is 51.0 Å². The Morgan fingerprint density at radius 3 is 2.89 bits per heavy atom. The van der Waals surface area contributed by atoms with Crippen LogP contribution in [0.1, 0.15) is 24.3 Å². The topological polar surface area (TPSA) is 15.3 Å². The molecule has 1 aliphatic heterocycles. The molecule has 0 aromatic heterocycles. The summed E-state index contributed by atoms with van der Waals surface area (Å²) < 4.78 is 14.0. The Morgan fingerprint density at radius 2 is 2.22 bits per heavy atom. The van der Waals surface area contributed by atoms with E-state index < -0.39 is 0 Å². The fraction of sp³-hybridized carbons (Fsp3) is 0.600. The van der Waals surface area contributed by atoms with Crippen molar-refractivity contribution in [1.82, 2.24) is 10.2 Å². The lowest BCUT2D eigenvalue weighted by Gasteiger charge is -2.35. The van der Waals surface area contributed by atoms with Crippen molar-refractivity contribution >= 4 is 0 Å². The summed E-state index contributed by atoms with van der Waals surface area (Å²) in [6, 6.07) is 7.21. The summed E-state index contributed by atoms with van der Waals surface area (Å²) in [7, 11) is 4.10. The van der Waals surface area contributed by atoms with Crippen LogP contribution in [0.5, 0.6) is 0 Å². The molecule has 1 fully saturated rings. The maximum Gasteiger partial charge on any atom is 0.126 e. The minimum atomic E-state index is -0.0639. The van der Waals surface area contributed by atoms with E-state index in [2.05, 4.69) is 17.3 Å². The monoisotopic (exact) mass is 250 g/mol. The number of benzene rings is 1. The van der Waals surface area contributed by atoms with Gasteiger partial charge in [-0.15, -0.1) is 0 Å². The van der Waals surface area contributed by atoms with E-state index in [1.165, 1.54) is 19.4 Å². The number of hydrogen-bond donors (Lipinski definition) is 1. The molecular weight excluding hydrogens is 227 g/mol. The van der Waals surface area contributed by atoms with Gasteiger partial charge < -0.3 is 10.2 Å². The lowest BCUT2D eigenvalue weighted by Crippen LogP contribution is -2.37. The zero-order chi connectivity index (χ0) is 13.0. The third-order valence-electron chi connectivity index (χ3n) is 3.96. The zero-order valence-corrected chi connectivity index (χ0v) is 11.3. The molecule has 2 rings (SSSR count). The van der Waals surface area contributed by atoms with Gasteiger partial charge in [-0.1, -0.05) is 18.2 Å². The van der Waals surface area contributed by atoms with Crippen molar-refractivity contribution < 1.29 is 4.39 Å². The van der Waals surface area contributed by atoms with Crippen LogP contribution in [0.4, 0.5) is 4.39 Å². The molecule has 1 aromatic carbocycles. The van der Waals surface area contributed by atoms with Crippen LogP contribution in [0.3, 0.4) is 0 Å². The van der Waals surface area contributed by atoms with Gasteiger partial charge in [-0.3, -0.25) is 0 Å². The first kappa shape index (κ1) is 13.5. The Hall–Kier alpha value is -0.930. The van der Waals surface area contributed by atoms with Gasteiger partial charge in [0.1, 0.15) is 5.82 Å². The maximum atomic E-state index is 14.0. The van der Waals surface area contributed by atoms with Crippen LogP contribution in [0.25, 0.3) is 0 Å². The highest BCUT2D eigenvalue weighted by Crippen LogP contribution is 2.32. The molecule has 2 nitrogen and oxygen atoms in total. The molecule has 100 valence electrons. The summed E-state index contributed by atoms with van der Waals surface area (Å²) in [5, 5.41) is 3.22. The Kier molecular flexibility index (Phi) is 4.72. The third-order valence-corrected chi connectivity index (χ3v) is 3.96. The van der Waals surface area contributed by atoms with Gasteiger partial charge >= 0.3 is 0 Å². The number of piperidine rings is 1. The molecule has 1 heterocycles. The van der Waals surface area contributed by atoms with E-state index in [0.29, 0.717) is 5.92 Å². The van der Waals surface area contributed by atoms with E-state index in [0.717, 1.165) is 18.7 Å². The summed E-state index contributed by atoms with van der Waals surface area (Å²) in [6.07, 6.45) is 2.42. The van der Waals surface area contributed by atoms with Gasteiger partial charge in [0.2, 0.25) is 0 Å². The summed E-state index contributed by atoms with van der Waals surface area (Å²) in [5.74, 6) is 0.762.